The average molecular weight is 578 g/mol. The fraction of sp³-hybridized carbons (Fsp3) is 0.741. The lowest BCUT2D eigenvalue weighted by atomic mass is 10.1. The largest absolute Gasteiger partial charge is 0.480 e. The molecule has 0 radical (unpaired) electrons. The van der Waals surface area contributed by atoms with Gasteiger partial charge in [-0.1, -0.05) is 70.3 Å². The Bertz CT molecular complexity index is 787. The third-order valence-electron chi connectivity index (χ3n) is 5.46. The third-order valence-corrected chi connectivity index (χ3v) is 6.41. The standard InChI is InChI=1S/C27H48NO10P/c1-3-5-6-7-8-9-10-11-12-13-14-15-16-17-19-25(30)28-24(27(32)33)22-38-39(34,35)37-21-23(29)20-36-26(31)18-4-2/h7-8,10-11,23-24,29H,3-6,9,12-22H2,1-2H3,(H,28,30)(H,32,33)(H,34,35)/b8-7-,11-10-. The molecule has 1 amide bonds. The number of hydrogen-bond acceptors (Lipinski definition) is 8. The quantitative estimate of drug-likeness (QED) is 0.0511. The molecule has 0 rings (SSSR count). The molecular formula is C27H48NO10P. The normalized spacial score (nSPS) is 14.8. The van der Waals surface area contributed by atoms with E-state index in [0.29, 0.717) is 12.8 Å². The number of carboxylic acid groups (broad SMARTS) is 1. The van der Waals surface area contributed by atoms with E-state index in [1.807, 2.05) is 0 Å². The van der Waals surface area contributed by atoms with Crippen molar-refractivity contribution >= 4 is 25.7 Å². The zero-order valence-electron chi connectivity index (χ0n) is 23.4. The lowest BCUT2D eigenvalue weighted by Crippen LogP contribution is -2.43. The van der Waals surface area contributed by atoms with Crippen molar-refractivity contribution in [1.29, 1.82) is 0 Å². The minimum absolute atomic E-state index is 0.129. The average Bonchev–Trinajstić information content (AvgIpc) is 2.89. The molecule has 0 saturated carbocycles. The van der Waals surface area contributed by atoms with Crippen molar-refractivity contribution in [3.8, 4) is 0 Å². The van der Waals surface area contributed by atoms with Gasteiger partial charge in [-0.15, -0.1) is 0 Å². The Kier molecular flexibility index (Phi) is 22.6. The molecule has 0 aliphatic carbocycles. The predicted molar refractivity (Wildman–Crippen MR) is 148 cm³/mol. The van der Waals surface area contributed by atoms with Crippen molar-refractivity contribution in [2.45, 2.75) is 109 Å². The number of aliphatic hydroxyl groups excluding tert-OH is 1. The van der Waals surface area contributed by atoms with Crippen molar-refractivity contribution in [2.24, 2.45) is 0 Å². The molecule has 0 heterocycles. The zero-order chi connectivity index (χ0) is 29.4. The fourth-order valence-electron chi connectivity index (χ4n) is 3.25. The Morgan fingerprint density at radius 2 is 1.44 bits per heavy atom. The maximum Gasteiger partial charge on any atom is 0.472 e. The Balaban J connectivity index is 4.07. The van der Waals surface area contributed by atoms with Gasteiger partial charge in [0.25, 0.3) is 0 Å². The summed E-state index contributed by atoms with van der Waals surface area (Å²) in [4.78, 5) is 44.5. The number of esters is 1. The van der Waals surface area contributed by atoms with Crippen LogP contribution < -0.4 is 5.32 Å². The number of carbonyl (C=O) groups is 3. The van der Waals surface area contributed by atoms with E-state index in [1.165, 1.54) is 12.8 Å². The number of aliphatic carboxylic acids is 1. The summed E-state index contributed by atoms with van der Waals surface area (Å²) >= 11 is 0. The van der Waals surface area contributed by atoms with E-state index in [1.54, 1.807) is 6.92 Å². The van der Waals surface area contributed by atoms with Crippen LogP contribution in [-0.4, -0.2) is 64.9 Å². The Hall–Kier alpha value is -2.04. The van der Waals surface area contributed by atoms with Crippen LogP contribution in [-0.2, 0) is 32.7 Å². The highest BCUT2D eigenvalue weighted by Crippen LogP contribution is 2.43. The number of unbranched alkanes of at least 4 members (excludes halogenated alkanes) is 7. The number of aliphatic hydroxyl groups is 1. The minimum atomic E-state index is -4.72. The molecule has 0 aliphatic rings. The topological polar surface area (TPSA) is 169 Å². The number of amides is 1. The first-order valence-corrected chi connectivity index (χ1v) is 15.4. The third kappa shape index (κ3) is 23.6. The molecule has 0 aliphatic heterocycles. The SMILES string of the molecule is CCCC/C=C\C/C=C\CCCCCCCC(=O)NC(COP(=O)(O)OCC(O)COC(=O)CCC)C(=O)O. The fourth-order valence-corrected chi connectivity index (χ4v) is 4.02. The van der Waals surface area contributed by atoms with Crippen LogP contribution in [0.25, 0.3) is 0 Å². The van der Waals surface area contributed by atoms with E-state index in [-0.39, 0.29) is 12.8 Å². The lowest BCUT2D eigenvalue weighted by molar-refractivity contribution is -0.147. The van der Waals surface area contributed by atoms with E-state index in [0.717, 1.165) is 44.9 Å². The highest BCUT2D eigenvalue weighted by atomic mass is 31.2. The number of hydrogen-bond donors (Lipinski definition) is 4. The number of rotatable bonds is 25. The van der Waals surface area contributed by atoms with Gasteiger partial charge in [0.2, 0.25) is 5.91 Å². The molecule has 0 aromatic rings. The van der Waals surface area contributed by atoms with Gasteiger partial charge in [0.05, 0.1) is 13.2 Å². The first-order chi connectivity index (χ1) is 18.6. The number of ether oxygens (including phenoxy) is 1. The molecule has 0 saturated heterocycles. The molecule has 226 valence electrons. The number of carboxylic acids is 1. The molecule has 3 unspecified atom stereocenters. The smallest absolute Gasteiger partial charge is 0.472 e. The highest BCUT2D eigenvalue weighted by molar-refractivity contribution is 7.47. The van der Waals surface area contributed by atoms with Gasteiger partial charge in [0, 0.05) is 12.8 Å². The highest BCUT2D eigenvalue weighted by Gasteiger charge is 2.28. The number of phosphoric ester groups is 1. The summed E-state index contributed by atoms with van der Waals surface area (Å²) in [6.45, 7) is 2.05. The minimum Gasteiger partial charge on any atom is -0.480 e. The molecule has 0 spiro atoms. The molecule has 0 aromatic heterocycles. The molecule has 39 heavy (non-hydrogen) atoms. The monoisotopic (exact) mass is 577 g/mol. The van der Waals surface area contributed by atoms with Gasteiger partial charge < -0.3 is 25.2 Å². The number of allylic oxidation sites excluding steroid dienone is 4. The van der Waals surface area contributed by atoms with Crippen LogP contribution in [0.5, 0.6) is 0 Å². The molecule has 0 aromatic carbocycles. The van der Waals surface area contributed by atoms with Crippen LogP contribution in [0.4, 0.5) is 0 Å². The van der Waals surface area contributed by atoms with E-state index < -0.39 is 57.6 Å². The summed E-state index contributed by atoms with van der Waals surface area (Å²) in [5.74, 6) is -2.46. The van der Waals surface area contributed by atoms with E-state index in [9.17, 15) is 34.1 Å². The number of carbonyl (C=O) groups excluding carboxylic acids is 2. The van der Waals surface area contributed by atoms with Gasteiger partial charge in [0.1, 0.15) is 12.7 Å². The maximum atomic E-state index is 12.1. The summed E-state index contributed by atoms with van der Waals surface area (Å²) in [7, 11) is -4.72. The van der Waals surface area contributed by atoms with Gasteiger partial charge in [-0.2, -0.15) is 0 Å². The van der Waals surface area contributed by atoms with Crippen LogP contribution in [0.1, 0.15) is 97.3 Å². The van der Waals surface area contributed by atoms with Crippen LogP contribution in [0.3, 0.4) is 0 Å². The van der Waals surface area contributed by atoms with Crippen molar-refractivity contribution in [3.05, 3.63) is 24.3 Å². The summed E-state index contributed by atoms with van der Waals surface area (Å²) in [5.41, 5.74) is 0. The van der Waals surface area contributed by atoms with Crippen LogP contribution in [0, 0.1) is 0 Å². The van der Waals surface area contributed by atoms with Gasteiger partial charge in [-0.25, -0.2) is 9.36 Å². The van der Waals surface area contributed by atoms with Gasteiger partial charge in [-0.05, 0) is 38.5 Å². The van der Waals surface area contributed by atoms with Crippen molar-refractivity contribution in [3.63, 3.8) is 0 Å². The van der Waals surface area contributed by atoms with Crippen LogP contribution in [0.15, 0.2) is 24.3 Å². The Morgan fingerprint density at radius 1 is 0.821 bits per heavy atom. The first kappa shape index (κ1) is 37.0. The Morgan fingerprint density at radius 3 is 2.08 bits per heavy atom. The molecule has 12 heteroatoms. The van der Waals surface area contributed by atoms with Crippen molar-refractivity contribution in [1.82, 2.24) is 5.32 Å². The molecule has 3 atom stereocenters. The van der Waals surface area contributed by atoms with E-state index in [4.69, 9.17) is 4.74 Å². The lowest BCUT2D eigenvalue weighted by Gasteiger charge is -2.18. The molecule has 0 fully saturated rings. The molecule has 4 N–H and O–H groups in total. The summed E-state index contributed by atoms with van der Waals surface area (Å²) in [5, 5.41) is 21.3. The number of phosphoric acid groups is 1. The predicted octanol–water partition coefficient (Wildman–Crippen LogP) is 4.82. The number of nitrogens with one attached hydrogen (secondary N) is 1. The summed E-state index contributed by atoms with van der Waals surface area (Å²) in [6.07, 6.45) is 18.4. The van der Waals surface area contributed by atoms with E-state index in [2.05, 4.69) is 45.6 Å². The summed E-state index contributed by atoms with van der Waals surface area (Å²) < 4.78 is 26.0. The summed E-state index contributed by atoms with van der Waals surface area (Å²) in [6, 6.07) is -1.55. The van der Waals surface area contributed by atoms with Gasteiger partial charge in [-0.3, -0.25) is 18.6 Å². The second-order valence-electron chi connectivity index (χ2n) is 9.23. The Labute approximate surface area is 232 Å². The zero-order valence-corrected chi connectivity index (χ0v) is 24.3. The second kappa shape index (κ2) is 23.8. The van der Waals surface area contributed by atoms with Crippen molar-refractivity contribution < 1.29 is 47.8 Å². The van der Waals surface area contributed by atoms with Crippen molar-refractivity contribution in [2.75, 3.05) is 19.8 Å². The van der Waals surface area contributed by atoms with Crippen LogP contribution >= 0.6 is 7.82 Å². The first-order valence-electron chi connectivity index (χ1n) is 13.9. The van der Waals surface area contributed by atoms with Crippen LogP contribution in [0.2, 0.25) is 0 Å². The van der Waals surface area contributed by atoms with Gasteiger partial charge >= 0.3 is 19.8 Å². The molecule has 11 nitrogen and oxygen atoms in total. The molecular weight excluding hydrogens is 529 g/mol. The second-order valence-corrected chi connectivity index (χ2v) is 10.7. The maximum absolute atomic E-state index is 12.1. The molecule has 0 bridgehead atoms. The van der Waals surface area contributed by atoms with E-state index >= 15 is 0 Å². The van der Waals surface area contributed by atoms with Gasteiger partial charge in [0.15, 0.2) is 6.04 Å².